The van der Waals surface area contributed by atoms with Crippen molar-refractivity contribution in [3.8, 4) is 0 Å². The third-order valence-electron chi connectivity index (χ3n) is 4.91. The van der Waals surface area contributed by atoms with Gasteiger partial charge in [-0.2, -0.15) is 0 Å². The van der Waals surface area contributed by atoms with Crippen LogP contribution in [0.3, 0.4) is 0 Å². The SMILES string of the molecule is CC1CCN(c2ccc(NC(=O)[C@H](C)Cl)cc2C(=O)NC2CC2)CC1. The maximum atomic E-state index is 12.7. The first-order valence-electron chi connectivity index (χ1n) is 9.09. The molecule has 0 radical (unpaired) electrons. The Morgan fingerprint density at radius 1 is 1.20 bits per heavy atom. The minimum absolute atomic E-state index is 0.0638. The molecule has 1 aliphatic heterocycles. The fraction of sp³-hybridized carbons (Fsp3) is 0.579. The summed E-state index contributed by atoms with van der Waals surface area (Å²) in [6.45, 7) is 5.80. The molecule has 0 unspecified atom stereocenters. The number of alkyl halides is 1. The number of carbonyl (C=O) groups excluding carboxylic acids is 2. The number of rotatable bonds is 5. The van der Waals surface area contributed by atoms with Crippen molar-refractivity contribution in [2.24, 2.45) is 5.92 Å². The van der Waals surface area contributed by atoms with Gasteiger partial charge in [0.2, 0.25) is 5.91 Å². The second kappa shape index (κ2) is 7.65. The van der Waals surface area contributed by atoms with Gasteiger partial charge in [-0.1, -0.05) is 6.92 Å². The van der Waals surface area contributed by atoms with Gasteiger partial charge in [-0.25, -0.2) is 0 Å². The molecule has 1 atom stereocenters. The molecule has 2 aliphatic rings. The van der Waals surface area contributed by atoms with Gasteiger partial charge in [-0.05, 0) is 56.7 Å². The number of nitrogens with one attached hydrogen (secondary N) is 2. The van der Waals surface area contributed by atoms with E-state index in [9.17, 15) is 9.59 Å². The largest absolute Gasteiger partial charge is 0.371 e. The molecule has 5 nitrogen and oxygen atoms in total. The lowest BCUT2D eigenvalue weighted by Gasteiger charge is -2.33. The summed E-state index contributed by atoms with van der Waals surface area (Å²) in [5, 5.41) is 5.21. The minimum atomic E-state index is -0.619. The van der Waals surface area contributed by atoms with Crippen molar-refractivity contribution in [3.63, 3.8) is 0 Å². The average molecular weight is 364 g/mol. The molecule has 136 valence electrons. The van der Waals surface area contributed by atoms with Crippen LogP contribution in [0.1, 0.15) is 49.9 Å². The summed E-state index contributed by atoms with van der Waals surface area (Å²) < 4.78 is 0. The molecule has 6 heteroatoms. The molecule has 1 aromatic carbocycles. The Morgan fingerprint density at radius 3 is 2.48 bits per heavy atom. The van der Waals surface area contributed by atoms with Gasteiger partial charge < -0.3 is 15.5 Å². The summed E-state index contributed by atoms with van der Waals surface area (Å²) in [4.78, 5) is 26.8. The van der Waals surface area contributed by atoms with E-state index in [1.165, 1.54) is 0 Å². The molecule has 1 aliphatic carbocycles. The summed E-state index contributed by atoms with van der Waals surface area (Å²) in [5.41, 5.74) is 2.18. The molecular formula is C19H26ClN3O2. The van der Waals surface area contributed by atoms with Crippen molar-refractivity contribution in [2.45, 2.75) is 50.9 Å². The predicted octanol–water partition coefficient (Wildman–Crippen LogP) is 3.38. The molecule has 0 spiro atoms. The lowest BCUT2D eigenvalue weighted by molar-refractivity contribution is -0.115. The van der Waals surface area contributed by atoms with E-state index in [1.807, 2.05) is 12.1 Å². The topological polar surface area (TPSA) is 61.4 Å². The van der Waals surface area contributed by atoms with Gasteiger partial charge in [0.25, 0.3) is 5.91 Å². The summed E-state index contributed by atoms with van der Waals surface area (Å²) in [7, 11) is 0. The zero-order chi connectivity index (χ0) is 18.0. The molecule has 2 fully saturated rings. The van der Waals surface area contributed by atoms with Crippen molar-refractivity contribution >= 4 is 34.8 Å². The Balaban J connectivity index is 1.84. The smallest absolute Gasteiger partial charge is 0.253 e. The van der Waals surface area contributed by atoms with E-state index >= 15 is 0 Å². The molecule has 1 aromatic rings. The lowest BCUT2D eigenvalue weighted by Crippen LogP contribution is -2.35. The van der Waals surface area contributed by atoms with Gasteiger partial charge >= 0.3 is 0 Å². The zero-order valence-corrected chi connectivity index (χ0v) is 15.6. The van der Waals surface area contributed by atoms with Gasteiger partial charge in [0, 0.05) is 30.5 Å². The van der Waals surface area contributed by atoms with Crippen LogP contribution in [0.4, 0.5) is 11.4 Å². The third-order valence-corrected chi connectivity index (χ3v) is 5.11. The normalized spacial score (nSPS) is 19.4. The van der Waals surface area contributed by atoms with E-state index in [2.05, 4.69) is 22.5 Å². The van der Waals surface area contributed by atoms with Gasteiger partial charge in [-0.3, -0.25) is 9.59 Å². The number of benzene rings is 1. The maximum Gasteiger partial charge on any atom is 0.253 e. The number of halogens is 1. The number of hydrogen-bond acceptors (Lipinski definition) is 3. The first-order valence-corrected chi connectivity index (χ1v) is 9.52. The van der Waals surface area contributed by atoms with Gasteiger partial charge in [-0.15, -0.1) is 11.6 Å². The number of carbonyl (C=O) groups is 2. The summed E-state index contributed by atoms with van der Waals surface area (Å²) in [6.07, 6.45) is 4.35. The number of anilines is 2. The second-order valence-corrected chi connectivity index (χ2v) is 7.91. The van der Waals surface area contributed by atoms with E-state index in [-0.39, 0.29) is 11.8 Å². The Morgan fingerprint density at radius 2 is 1.88 bits per heavy atom. The van der Waals surface area contributed by atoms with Crippen LogP contribution in [-0.4, -0.2) is 36.3 Å². The van der Waals surface area contributed by atoms with Gasteiger partial charge in [0.1, 0.15) is 5.38 Å². The van der Waals surface area contributed by atoms with Crippen LogP contribution in [-0.2, 0) is 4.79 Å². The average Bonchev–Trinajstić information content (AvgIpc) is 3.39. The number of piperidine rings is 1. The molecule has 0 aromatic heterocycles. The van der Waals surface area contributed by atoms with Crippen LogP contribution < -0.4 is 15.5 Å². The summed E-state index contributed by atoms with van der Waals surface area (Å²) >= 11 is 5.82. The minimum Gasteiger partial charge on any atom is -0.371 e. The molecule has 0 bridgehead atoms. The van der Waals surface area contributed by atoms with E-state index in [1.54, 1.807) is 13.0 Å². The highest BCUT2D eigenvalue weighted by Gasteiger charge is 2.27. The van der Waals surface area contributed by atoms with E-state index in [4.69, 9.17) is 11.6 Å². The maximum absolute atomic E-state index is 12.7. The standard InChI is InChI=1S/C19H26ClN3O2/c1-12-7-9-23(10-8-12)17-6-5-15(22-18(24)13(2)20)11-16(17)19(25)21-14-3-4-14/h5-6,11-14H,3-4,7-10H2,1-2H3,(H,21,25)(H,22,24)/t13-/m0/s1. The molecule has 3 rings (SSSR count). The monoisotopic (exact) mass is 363 g/mol. The Kier molecular flexibility index (Phi) is 5.52. The summed E-state index contributed by atoms with van der Waals surface area (Å²) in [6, 6.07) is 5.84. The highest BCUT2D eigenvalue weighted by atomic mass is 35.5. The van der Waals surface area contributed by atoms with Crippen LogP contribution in [0.25, 0.3) is 0 Å². The molecular weight excluding hydrogens is 338 g/mol. The number of amides is 2. The second-order valence-electron chi connectivity index (χ2n) is 7.25. The van der Waals surface area contributed by atoms with Crippen LogP contribution in [0.5, 0.6) is 0 Å². The quantitative estimate of drug-likeness (QED) is 0.788. The molecule has 2 amide bonds. The Bertz CT molecular complexity index is 650. The van der Waals surface area contributed by atoms with Gasteiger partial charge in [0.05, 0.1) is 5.56 Å². The fourth-order valence-electron chi connectivity index (χ4n) is 3.05. The predicted molar refractivity (Wildman–Crippen MR) is 101 cm³/mol. The van der Waals surface area contributed by atoms with E-state index < -0.39 is 5.38 Å². The highest BCUT2D eigenvalue weighted by Crippen LogP contribution is 2.30. The van der Waals surface area contributed by atoms with Crippen molar-refractivity contribution in [2.75, 3.05) is 23.3 Å². The molecule has 2 N–H and O–H groups in total. The van der Waals surface area contributed by atoms with Crippen LogP contribution in [0.2, 0.25) is 0 Å². The summed E-state index contributed by atoms with van der Waals surface area (Å²) in [5.74, 6) is 0.393. The zero-order valence-electron chi connectivity index (χ0n) is 14.8. The van der Waals surface area contributed by atoms with E-state index in [0.717, 1.165) is 50.4 Å². The molecule has 1 saturated carbocycles. The first kappa shape index (κ1) is 18.1. The number of hydrogen-bond donors (Lipinski definition) is 2. The van der Waals surface area contributed by atoms with Crippen LogP contribution in [0.15, 0.2) is 18.2 Å². The Hall–Kier alpha value is -1.75. The lowest BCUT2D eigenvalue weighted by atomic mass is 9.97. The molecule has 25 heavy (non-hydrogen) atoms. The van der Waals surface area contributed by atoms with Gasteiger partial charge in [0.15, 0.2) is 0 Å². The van der Waals surface area contributed by atoms with Crippen molar-refractivity contribution in [3.05, 3.63) is 23.8 Å². The molecule has 1 saturated heterocycles. The Labute approximate surface area is 154 Å². The third kappa shape index (κ3) is 4.66. The fourth-order valence-corrected chi connectivity index (χ4v) is 3.11. The van der Waals surface area contributed by atoms with Crippen molar-refractivity contribution in [1.82, 2.24) is 5.32 Å². The van der Waals surface area contributed by atoms with Crippen LogP contribution in [0, 0.1) is 5.92 Å². The van der Waals surface area contributed by atoms with Crippen molar-refractivity contribution < 1.29 is 9.59 Å². The van der Waals surface area contributed by atoms with Crippen LogP contribution >= 0.6 is 11.6 Å². The number of nitrogens with zero attached hydrogens (tertiary/aromatic N) is 1. The van der Waals surface area contributed by atoms with Crippen molar-refractivity contribution in [1.29, 1.82) is 0 Å². The highest BCUT2D eigenvalue weighted by molar-refractivity contribution is 6.32. The molecule has 1 heterocycles. The van der Waals surface area contributed by atoms with E-state index in [0.29, 0.717) is 17.3 Å². The first-order chi connectivity index (χ1) is 11.9.